The number of aromatic amines is 1. The number of hydrogen-bond acceptors (Lipinski definition) is 10. The van der Waals surface area contributed by atoms with Gasteiger partial charge in [0.25, 0.3) is 11.8 Å². The second kappa shape index (κ2) is 17.0. The second-order valence-electron chi connectivity index (χ2n) is 14.4. The summed E-state index contributed by atoms with van der Waals surface area (Å²) in [6.45, 7) is 3.19. The molecule has 1 saturated heterocycles. The Morgan fingerprint density at radius 2 is 1.81 bits per heavy atom. The minimum absolute atomic E-state index is 0.00806. The monoisotopic (exact) mass is 736 g/mol. The third kappa shape index (κ3) is 9.74. The molecule has 4 atom stereocenters. The molecule has 2 aliphatic rings. The lowest BCUT2D eigenvalue weighted by atomic mass is 9.84. The van der Waals surface area contributed by atoms with Crippen LogP contribution in [0.4, 0.5) is 4.79 Å². The molecule has 1 aliphatic carbocycles. The van der Waals surface area contributed by atoms with Gasteiger partial charge in [0.2, 0.25) is 17.6 Å². The van der Waals surface area contributed by atoms with Crippen molar-refractivity contribution in [3.05, 3.63) is 42.0 Å². The van der Waals surface area contributed by atoms with Crippen molar-refractivity contribution < 1.29 is 39.0 Å². The van der Waals surface area contributed by atoms with Crippen molar-refractivity contribution in [1.29, 1.82) is 0 Å². The van der Waals surface area contributed by atoms with E-state index in [1.165, 1.54) is 22.1 Å². The summed E-state index contributed by atoms with van der Waals surface area (Å²) in [5, 5.41) is 35.6. The molecule has 8 N–H and O–H groups in total. The number of carboxylic acid groups (broad SMARTS) is 1. The van der Waals surface area contributed by atoms with Crippen LogP contribution in [0.15, 0.2) is 30.7 Å². The second-order valence-corrected chi connectivity index (χ2v) is 14.4. The molecule has 1 saturated carbocycles. The van der Waals surface area contributed by atoms with E-state index in [0.29, 0.717) is 35.1 Å². The maximum absolute atomic E-state index is 14.7. The topological polar surface area (TPSA) is 268 Å². The van der Waals surface area contributed by atoms with Crippen molar-refractivity contribution in [2.45, 2.75) is 108 Å². The minimum Gasteiger partial charge on any atom is -0.465 e. The van der Waals surface area contributed by atoms with Crippen molar-refractivity contribution in [2.24, 2.45) is 11.7 Å². The van der Waals surface area contributed by atoms with E-state index in [4.69, 9.17) is 10.8 Å². The van der Waals surface area contributed by atoms with E-state index < -0.39 is 65.3 Å². The van der Waals surface area contributed by atoms with Gasteiger partial charge in [-0.2, -0.15) is 0 Å². The molecule has 2 fully saturated rings. The average Bonchev–Trinajstić information content (AvgIpc) is 3.90. The Balaban J connectivity index is 1.43. The number of hydrogen-bond donors (Lipinski definition) is 7. The summed E-state index contributed by atoms with van der Waals surface area (Å²) in [7, 11) is 0. The average molecular weight is 737 g/mol. The highest BCUT2D eigenvalue weighted by molar-refractivity contribution is 6.37. The molecule has 5 amide bonds. The fraction of sp³-hybridized carbons (Fsp3) is 0.571. The first-order valence-corrected chi connectivity index (χ1v) is 18.0. The van der Waals surface area contributed by atoms with Crippen molar-refractivity contribution in [3.63, 3.8) is 0 Å². The van der Waals surface area contributed by atoms with E-state index in [1.54, 1.807) is 32.0 Å². The highest BCUT2D eigenvalue weighted by atomic mass is 16.4. The van der Waals surface area contributed by atoms with Gasteiger partial charge < -0.3 is 41.8 Å². The van der Waals surface area contributed by atoms with Gasteiger partial charge >= 0.3 is 6.09 Å². The quantitative estimate of drug-likeness (QED) is 0.0813. The SMILES string of the molecule is CC(C)(O)c1cnnn1[C@H]1C[C@@H](C(=O)NC(CCCCNC(=O)O)C(=O)C(N)=O)N(C(=O)[C@@H](CC2CCCCC2)NC(=O)c2ccc3nc[nH]c3c2)C1. The summed E-state index contributed by atoms with van der Waals surface area (Å²) in [5.41, 5.74) is 5.97. The lowest BCUT2D eigenvalue weighted by Gasteiger charge is -2.32. The maximum Gasteiger partial charge on any atom is 0.404 e. The zero-order valence-electron chi connectivity index (χ0n) is 29.9. The summed E-state index contributed by atoms with van der Waals surface area (Å²) in [4.78, 5) is 86.8. The Kier molecular flexibility index (Phi) is 12.4. The molecular weight excluding hydrogens is 688 g/mol. The van der Waals surface area contributed by atoms with E-state index in [9.17, 15) is 33.9 Å². The number of nitrogens with one attached hydrogen (secondary N) is 4. The normalized spacial score (nSPS) is 19.0. The molecule has 1 unspecified atom stereocenters. The van der Waals surface area contributed by atoms with Gasteiger partial charge in [-0.15, -0.1) is 5.10 Å². The van der Waals surface area contributed by atoms with E-state index >= 15 is 0 Å². The lowest BCUT2D eigenvalue weighted by molar-refractivity contribution is -0.142. The van der Waals surface area contributed by atoms with Crippen molar-refractivity contribution in [3.8, 4) is 0 Å². The first kappa shape index (κ1) is 38.8. The van der Waals surface area contributed by atoms with Gasteiger partial charge in [-0.3, -0.25) is 24.0 Å². The summed E-state index contributed by atoms with van der Waals surface area (Å²) in [6, 6.07) is 0.850. The molecule has 0 radical (unpaired) electrons. The zero-order chi connectivity index (χ0) is 38.3. The van der Waals surface area contributed by atoms with Crippen LogP contribution in [0.5, 0.6) is 0 Å². The number of aliphatic hydroxyl groups is 1. The van der Waals surface area contributed by atoms with Crippen LogP contribution in [-0.4, -0.2) is 107 Å². The van der Waals surface area contributed by atoms with E-state index in [-0.39, 0.29) is 38.3 Å². The predicted octanol–water partition coefficient (Wildman–Crippen LogP) is 1.27. The summed E-state index contributed by atoms with van der Waals surface area (Å²) < 4.78 is 1.48. The van der Waals surface area contributed by atoms with Crippen LogP contribution < -0.4 is 21.7 Å². The molecule has 1 aliphatic heterocycles. The number of H-pyrrole nitrogens is 1. The number of likely N-dealkylation sites (tertiary alicyclic amines) is 1. The Bertz CT molecular complexity index is 1810. The van der Waals surface area contributed by atoms with Gasteiger partial charge in [-0.1, -0.05) is 37.3 Å². The van der Waals surface area contributed by atoms with Crippen LogP contribution in [0.1, 0.15) is 100 Å². The summed E-state index contributed by atoms with van der Waals surface area (Å²) in [6.07, 6.45) is 7.53. The number of unbranched alkanes of at least 4 members (excludes halogenated alkanes) is 1. The van der Waals surface area contributed by atoms with Crippen LogP contribution >= 0.6 is 0 Å². The molecule has 1 aromatic carbocycles. The number of carbonyl (C=O) groups is 6. The van der Waals surface area contributed by atoms with Crippen molar-refractivity contribution in [1.82, 2.24) is 45.8 Å². The Morgan fingerprint density at radius 1 is 1.06 bits per heavy atom. The number of Topliss-reactive ketones (excluding diaryl/α,β-unsaturated/α-hetero) is 1. The molecule has 0 bridgehead atoms. The molecular formula is C35H48N10O8. The number of nitrogens with zero attached hydrogens (tertiary/aromatic N) is 5. The number of rotatable bonds is 16. The molecule has 3 heterocycles. The molecule has 18 nitrogen and oxygen atoms in total. The predicted molar refractivity (Wildman–Crippen MR) is 189 cm³/mol. The first-order valence-electron chi connectivity index (χ1n) is 18.0. The van der Waals surface area contributed by atoms with Gasteiger partial charge in [0.05, 0.1) is 41.3 Å². The number of benzene rings is 1. The smallest absolute Gasteiger partial charge is 0.404 e. The van der Waals surface area contributed by atoms with Crippen molar-refractivity contribution in [2.75, 3.05) is 13.1 Å². The highest BCUT2D eigenvalue weighted by Crippen LogP contribution is 2.33. The van der Waals surface area contributed by atoms with E-state index in [1.807, 2.05) is 0 Å². The summed E-state index contributed by atoms with van der Waals surface area (Å²) >= 11 is 0. The molecule has 286 valence electrons. The van der Waals surface area contributed by atoms with Gasteiger partial charge in [-0.05, 0) is 63.6 Å². The first-order chi connectivity index (χ1) is 25.2. The number of amides is 5. The molecule has 5 rings (SSSR count). The Morgan fingerprint density at radius 3 is 2.51 bits per heavy atom. The van der Waals surface area contributed by atoms with Crippen LogP contribution in [0.3, 0.4) is 0 Å². The van der Waals surface area contributed by atoms with Gasteiger partial charge in [0.15, 0.2) is 0 Å². The summed E-state index contributed by atoms with van der Waals surface area (Å²) in [5.74, 6) is -3.83. The van der Waals surface area contributed by atoms with Crippen LogP contribution in [0.2, 0.25) is 0 Å². The minimum atomic E-state index is -1.36. The van der Waals surface area contributed by atoms with Gasteiger partial charge in [0.1, 0.15) is 17.7 Å². The Labute approximate surface area is 305 Å². The number of aromatic nitrogens is 5. The number of carbonyl (C=O) groups excluding carboxylic acids is 5. The number of nitrogens with two attached hydrogens (primary N) is 1. The number of fused-ring (bicyclic) bond motifs is 1. The van der Waals surface area contributed by atoms with Crippen molar-refractivity contribution >= 4 is 46.5 Å². The van der Waals surface area contributed by atoms with Crippen LogP contribution in [0, 0.1) is 5.92 Å². The van der Waals surface area contributed by atoms with Gasteiger partial charge in [0, 0.05) is 25.1 Å². The zero-order valence-corrected chi connectivity index (χ0v) is 29.9. The van der Waals surface area contributed by atoms with E-state index in [2.05, 4.69) is 36.2 Å². The Hall–Kier alpha value is -5.39. The maximum atomic E-state index is 14.7. The number of imidazole rings is 1. The molecule has 3 aromatic rings. The van der Waals surface area contributed by atoms with Crippen LogP contribution in [-0.2, 0) is 24.8 Å². The fourth-order valence-electron chi connectivity index (χ4n) is 7.31. The van der Waals surface area contributed by atoms with Gasteiger partial charge in [-0.25, -0.2) is 14.5 Å². The number of primary amides is 1. The number of ketones is 1. The standard InChI is InChI=1S/C35H48N10O8/c1-35(2,53)28-17-40-43-45(28)22-16-27(32(49)41-24(29(46)30(36)47)10-6-7-13-37-34(51)52)44(18-22)33(50)26(14-20-8-4-3-5-9-20)42-31(48)21-11-12-23-25(15-21)39-19-38-23/h11-12,15,17,19-20,22,24,26-27,37,53H,3-10,13-14,16,18H2,1-2H3,(H2,36,47)(H,38,39)(H,41,49)(H,42,48)(H,51,52)/t22-,24?,26+,27-/m0/s1. The largest absolute Gasteiger partial charge is 0.465 e. The lowest BCUT2D eigenvalue weighted by Crippen LogP contribution is -2.56. The third-order valence-corrected chi connectivity index (χ3v) is 10.1. The molecule has 0 spiro atoms. The highest BCUT2D eigenvalue weighted by Gasteiger charge is 2.45. The molecule has 18 heteroatoms. The van der Waals surface area contributed by atoms with E-state index in [0.717, 1.165) is 32.1 Å². The van der Waals surface area contributed by atoms with Crippen LogP contribution in [0.25, 0.3) is 11.0 Å². The third-order valence-electron chi connectivity index (χ3n) is 10.1. The molecule has 53 heavy (non-hydrogen) atoms. The molecule has 2 aromatic heterocycles. The fourth-order valence-corrected chi connectivity index (χ4v) is 7.31.